The number of hydrogen-bond donors (Lipinski definition) is 2. The topological polar surface area (TPSA) is 87.5 Å². The summed E-state index contributed by atoms with van der Waals surface area (Å²) >= 11 is 0. The van der Waals surface area contributed by atoms with Crippen LogP contribution in [-0.4, -0.2) is 38.9 Å². The number of benzene rings is 2. The molecule has 2 aromatic heterocycles. The molecule has 1 saturated heterocycles. The van der Waals surface area contributed by atoms with E-state index in [-0.39, 0.29) is 6.03 Å². The zero-order valence-electron chi connectivity index (χ0n) is 15.6. The Morgan fingerprint density at radius 2 is 1.86 bits per heavy atom. The Morgan fingerprint density at radius 1 is 0.966 bits per heavy atom. The number of urea groups is 1. The van der Waals surface area contributed by atoms with Gasteiger partial charge >= 0.3 is 6.03 Å². The molecule has 29 heavy (non-hydrogen) atoms. The van der Waals surface area contributed by atoms with Gasteiger partial charge in [0.25, 0.3) is 0 Å². The summed E-state index contributed by atoms with van der Waals surface area (Å²) in [5.74, 6) is 1.35. The molecule has 1 aliphatic heterocycles. The van der Waals surface area contributed by atoms with Gasteiger partial charge in [0.15, 0.2) is 17.3 Å². The van der Waals surface area contributed by atoms with E-state index in [1.807, 2.05) is 66.7 Å². The van der Waals surface area contributed by atoms with Gasteiger partial charge in [0.2, 0.25) is 0 Å². The van der Waals surface area contributed by atoms with Gasteiger partial charge in [-0.3, -0.25) is 4.90 Å². The maximum absolute atomic E-state index is 12.1. The van der Waals surface area contributed by atoms with Crippen molar-refractivity contribution in [3.8, 4) is 11.4 Å². The van der Waals surface area contributed by atoms with E-state index in [0.29, 0.717) is 23.8 Å². The fraction of sp³-hybridized carbons (Fsp3) is 0.143. The monoisotopic (exact) mass is 385 g/mol. The predicted octanol–water partition coefficient (Wildman–Crippen LogP) is 3.45. The molecule has 8 nitrogen and oxygen atoms in total. The van der Waals surface area contributed by atoms with E-state index in [9.17, 15) is 4.79 Å². The second-order valence-corrected chi connectivity index (χ2v) is 6.79. The number of rotatable bonds is 4. The average Bonchev–Trinajstić information content (AvgIpc) is 3.18. The molecule has 4 aromatic rings. The number of carbonyl (C=O) groups is 1. The third-order valence-corrected chi connectivity index (χ3v) is 4.80. The molecule has 2 amide bonds. The Balaban J connectivity index is 1.45. The number of amides is 2. The minimum absolute atomic E-state index is 0.0649. The Labute approximate surface area is 167 Å². The molecular weight excluding hydrogens is 366 g/mol. The summed E-state index contributed by atoms with van der Waals surface area (Å²) in [6, 6.07) is 21.2. The zero-order valence-corrected chi connectivity index (χ0v) is 15.6. The van der Waals surface area contributed by atoms with Crippen LogP contribution in [0.25, 0.3) is 17.0 Å². The van der Waals surface area contributed by atoms with Gasteiger partial charge < -0.3 is 10.6 Å². The van der Waals surface area contributed by atoms with Crippen molar-refractivity contribution in [3.63, 3.8) is 0 Å². The first-order valence-corrected chi connectivity index (χ1v) is 9.48. The van der Waals surface area contributed by atoms with Crippen LogP contribution in [0.4, 0.5) is 22.0 Å². The lowest BCUT2D eigenvalue weighted by Crippen LogP contribution is -2.46. The number of nitrogens with one attached hydrogen (secondary N) is 2. The summed E-state index contributed by atoms with van der Waals surface area (Å²) in [7, 11) is 0. The molecule has 1 aliphatic rings. The molecule has 5 rings (SSSR count). The third-order valence-electron chi connectivity index (χ3n) is 4.80. The van der Waals surface area contributed by atoms with Crippen molar-refractivity contribution < 1.29 is 4.79 Å². The summed E-state index contributed by atoms with van der Waals surface area (Å²) in [6.45, 7) is 1.43. The summed E-state index contributed by atoms with van der Waals surface area (Å²) in [6.07, 6.45) is 0.928. The van der Waals surface area contributed by atoms with E-state index in [4.69, 9.17) is 0 Å². The zero-order chi connectivity index (χ0) is 19.6. The minimum Gasteiger partial charge on any atom is -0.339 e. The number of anilines is 3. The molecule has 0 saturated carbocycles. The van der Waals surface area contributed by atoms with Crippen LogP contribution < -0.4 is 15.5 Å². The molecule has 0 bridgehead atoms. The number of aromatic nitrogens is 4. The van der Waals surface area contributed by atoms with E-state index >= 15 is 0 Å². The van der Waals surface area contributed by atoms with Gasteiger partial charge in [-0.2, -0.15) is 4.52 Å². The van der Waals surface area contributed by atoms with Crippen LogP contribution in [0.3, 0.4) is 0 Å². The molecule has 0 aliphatic carbocycles. The fourth-order valence-corrected chi connectivity index (χ4v) is 3.40. The number of nitrogens with zero attached hydrogens (tertiary/aromatic N) is 5. The smallest absolute Gasteiger partial charge is 0.321 e. The van der Waals surface area contributed by atoms with Crippen LogP contribution >= 0.6 is 0 Å². The van der Waals surface area contributed by atoms with Crippen LogP contribution in [0.1, 0.15) is 6.42 Å². The van der Waals surface area contributed by atoms with E-state index in [1.165, 1.54) is 0 Å². The van der Waals surface area contributed by atoms with Crippen LogP contribution in [0.15, 0.2) is 66.7 Å². The van der Waals surface area contributed by atoms with Crippen molar-refractivity contribution in [1.82, 2.24) is 25.1 Å². The number of fused-ring (bicyclic) bond motifs is 1. The highest BCUT2D eigenvalue weighted by Gasteiger charge is 2.19. The van der Waals surface area contributed by atoms with Crippen LogP contribution in [-0.2, 0) is 0 Å². The SMILES string of the molecule is O=C1NCCCN1c1cccc(Nc2ccc3nnc(-c4ccccc4)n3n2)c1. The highest BCUT2D eigenvalue weighted by atomic mass is 16.2. The highest BCUT2D eigenvalue weighted by molar-refractivity contribution is 5.93. The van der Waals surface area contributed by atoms with E-state index in [0.717, 1.165) is 29.9 Å². The minimum atomic E-state index is -0.0649. The standard InChI is InChI=1S/C21H19N7O/c29-21-22-12-5-13-27(21)17-9-4-8-16(14-17)23-18-10-11-19-24-25-20(28(19)26-18)15-6-2-1-3-7-15/h1-4,6-11,14H,5,12-13H2,(H,22,29)(H,23,26). The van der Waals surface area contributed by atoms with Gasteiger partial charge in [0.05, 0.1) is 0 Å². The summed E-state index contributed by atoms with van der Waals surface area (Å²) in [5.41, 5.74) is 3.32. The lowest BCUT2D eigenvalue weighted by Gasteiger charge is -2.27. The summed E-state index contributed by atoms with van der Waals surface area (Å²) < 4.78 is 1.72. The Kier molecular flexibility index (Phi) is 4.28. The van der Waals surface area contributed by atoms with Crippen molar-refractivity contribution in [2.24, 2.45) is 0 Å². The van der Waals surface area contributed by atoms with Crippen molar-refractivity contribution >= 4 is 28.9 Å². The van der Waals surface area contributed by atoms with Crippen molar-refractivity contribution in [2.75, 3.05) is 23.3 Å². The molecule has 0 atom stereocenters. The molecule has 1 fully saturated rings. The van der Waals surface area contributed by atoms with Gasteiger partial charge in [0.1, 0.15) is 0 Å². The number of carbonyl (C=O) groups excluding carboxylic acids is 1. The summed E-state index contributed by atoms with van der Waals surface area (Å²) in [5, 5.41) is 19.3. The van der Waals surface area contributed by atoms with Gasteiger partial charge in [-0.25, -0.2) is 4.79 Å². The first-order valence-electron chi connectivity index (χ1n) is 9.48. The average molecular weight is 385 g/mol. The van der Waals surface area contributed by atoms with E-state index in [1.54, 1.807) is 9.42 Å². The maximum Gasteiger partial charge on any atom is 0.321 e. The first-order chi connectivity index (χ1) is 14.3. The Hall–Kier alpha value is -3.94. The van der Waals surface area contributed by atoms with Crippen molar-refractivity contribution in [2.45, 2.75) is 6.42 Å². The van der Waals surface area contributed by atoms with Crippen LogP contribution in [0.5, 0.6) is 0 Å². The molecule has 3 heterocycles. The molecule has 0 radical (unpaired) electrons. The van der Waals surface area contributed by atoms with Gasteiger partial charge in [0, 0.05) is 30.0 Å². The lowest BCUT2D eigenvalue weighted by molar-refractivity contribution is 0.243. The first kappa shape index (κ1) is 17.2. The third kappa shape index (κ3) is 3.36. The second kappa shape index (κ2) is 7.23. The van der Waals surface area contributed by atoms with Crippen molar-refractivity contribution in [1.29, 1.82) is 0 Å². The van der Waals surface area contributed by atoms with Crippen LogP contribution in [0.2, 0.25) is 0 Å². The Morgan fingerprint density at radius 3 is 2.72 bits per heavy atom. The largest absolute Gasteiger partial charge is 0.339 e. The molecule has 2 aromatic carbocycles. The molecule has 8 heteroatoms. The normalized spacial score (nSPS) is 14.1. The number of hydrogen-bond acceptors (Lipinski definition) is 5. The van der Waals surface area contributed by atoms with E-state index in [2.05, 4.69) is 25.9 Å². The van der Waals surface area contributed by atoms with Gasteiger partial charge in [-0.1, -0.05) is 36.4 Å². The van der Waals surface area contributed by atoms with Crippen molar-refractivity contribution in [3.05, 3.63) is 66.7 Å². The fourth-order valence-electron chi connectivity index (χ4n) is 3.40. The Bertz CT molecular complexity index is 1170. The molecular formula is C21H19N7O. The maximum atomic E-state index is 12.1. The molecule has 0 unspecified atom stereocenters. The van der Waals surface area contributed by atoms with Gasteiger partial charge in [-0.05, 0) is 36.8 Å². The second-order valence-electron chi connectivity index (χ2n) is 6.79. The molecule has 2 N–H and O–H groups in total. The van der Waals surface area contributed by atoms with Crippen LogP contribution in [0, 0.1) is 0 Å². The lowest BCUT2D eigenvalue weighted by atomic mass is 10.2. The highest BCUT2D eigenvalue weighted by Crippen LogP contribution is 2.24. The van der Waals surface area contributed by atoms with Gasteiger partial charge in [-0.15, -0.1) is 15.3 Å². The quantitative estimate of drug-likeness (QED) is 0.562. The van der Waals surface area contributed by atoms with E-state index < -0.39 is 0 Å². The summed E-state index contributed by atoms with van der Waals surface area (Å²) in [4.78, 5) is 13.9. The molecule has 0 spiro atoms. The predicted molar refractivity (Wildman–Crippen MR) is 111 cm³/mol. The molecule has 144 valence electrons.